The molecule has 0 saturated heterocycles. The predicted octanol–water partition coefficient (Wildman–Crippen LogP) is 4.67. The summed E-state index contributed by atoms with van der Waals surface area (Å²) in [6.45, 7) is 6.19. The minimum atomic E-state index is -0.586. The summed E-state index contributed by atoms with van der Waals surface area (Å²) in [4.78, 5) is 19.0. The molecule has 3 nitrogen and oxygen atoms in total. The predicted molar refractivity (Wildman–Crippen MR) is 94.9 cm³/mol. The highest BCUT2D eigenvalue weighted by atomic mass is 32.2. The van der Waals surface area contributed by atoms with Crippen molar-refractivity contribution in [3.05, 3.63) is 56.2 Å². The van der Waals surface area contributed by atoms with Gasteiger partial charge in [-0.2, -0.15) is 0 Å². The molecule has 0 radical (unpaired) electrons. The molecule has 1 aromatic carbocycles. The Kier molecular flexibility index (Phi) is 4.73. The zero-order valence-electron chi connectivity index (χ0n) is 13.5. The van der Waals surface area contributed by atoms with E-state index in [0.29, 0.717) is 21.9 Å². The molecule has 0 fully saturated rings. The van der Waals surface area contributed by atoms with Crippen LogP contribution in [0, 0.1) is 25.5 Å². The summed E-state index contributed by atoms with van der Waals surface area (Å²) in [7, 11) is 0. The first-order valence-corrected chi connectivity index (χ1v) is 9.30. The number of nitrogens with zero attached hydrogens (tertiary/aromatic N) is 2. The van der Waals surface area contributed by atoms with Gasteiger partial charge in [-0.15, -0.1) is 11.3 Å². The molecule has 0 aliphatic heterocycles. The lowest BCUT2D eigenvalue weighted by molar-refractivity contribution is 0.566. The Balaban J connectivity index is 2.05. The molecule has 0 saturated carbocycles. The van der Waals surface area contributed by atoms with Gasteiger partial charge < -0.3 is 0 Å². The van der Waals surface area contributed by atoms with Crippen LogP contribution in [0.1, 0.15) is 22.9 Å². The van der Waals surface area contributed by atoms with Crippen molar-refractivity contribution in [2.45, 2.75) is 38.2 Å². The Hall–Kier alpha value is -1.73. The molecule has 0 atom stereocenters. The van der Waals surface area contributed by atoms with Crippen LogP contribution < -0.4 is 5.56 Å². The van der Waals surface area contributed by atoms with Gasteiger partial charge in [0.2, 0.25) is 0 Å². The number of aromatic nitrogens is 2. The van der Waals surface area contributed by atoms with Crippen LogP contribution in [-0.4, -0.2) is 9.55 Å². The zero-order valence-corrected chi connectivity index (χ0v) is 15.2. The van der Waals surface area contributed by atoms with Crippen molar-refractivity contribution in [2.75, 3.05) is 0 Å². The van der Waals surface area contributed by atoms with E-state index in [9.17, 15) is 13.6 Å². The Labute approximate surface area is 146 Å². The third-order valence-electron chi connectivity index (χ3n) is 3.98. The van der Waals surface area contributed by atoms with Gasteiger partial charge in [-0.25, -0.2) is 13.8 Å². The average molecular weight is 366 g/mol. The van der Waals surface area contributed by atoms with E-state index < -0.39 is 11.6 Å². The molecule has 3 aromatic rings. The van der Waals surface area contributed by atoms with Crippen LogP contribution in [0.3, 0.4) is 0 Å². The van der Waals surface area contributed by atoms with Crippen LogP contribution in [0.4, 0.5) is 8.78 Å². The second-order valence-electron chi connectivity index (χ2n) is 5.40. The maximum absolute atomic E-state index is 13.8. The number of benzene rings is 1. The SMILES string of the molecule is CCn1c(SCc2c(F)cccc2F)nc2sc(C)c(C)c2c1=O. The zero-order chi connectivity index (χ0) is 17.4. The van der Waals surface area contributed by atoms with Gasteiger partial charge >= 0.3 is 0 Å². The smallest absolute Gasteiger partial charge is 0.263 e. The summed E-state index contributed by atoms with van der Waals surface area (Å²) in [6.07, 6.45) is 0. The Bertz CT molecular complexity index is 959. The standard InChI is InChI=1S/C17H16F2N2OS2/c1-4-21-16(22)14-9(2)10(3)24-15(14)20-17(21)23-8-11-12(18)6-5-7-13(11)19/h5-7H,4,8H2,1-3H3. The summed E-state index contributed by atoms with van der Waals surface area (Å²) in [5, 5.41) is 1.12. The largest absolute Gasteiger partial charge is 0.287 e. The molecule has 0 amide bonds. The lowest BCUT2D eigenvalue weighted by Gasteiger charge is -2.10. The Morgan fingerprint density at radius 2 is 1.92 bits per heavy atom. The molecule has 0 aliphatic rings. The van der Waals surface area contributed by atoms with Gasteiger partial charge in [-0.1, -0.05) is 17.8 Å². The summed E-state index contributed by atoms with van der Waals surface area (Å²) < 4.78 is 29.1. The molecule has 0 spiro atoms. The average Bonchev–Trinajstić information content (AvgIpc) is 2.82. The molecule has 0 bridgehead atoms. The van der Waals surface area contributed by atoms with Crippen LogP contribution in [0.2, 0.25) is 0 Å². The van der Waals surface area contributed by atoms with Crippen molar-refractivity contribution in [2.24, 2.45) is 0 Å². The van der Waals surface area contributed by atoms with Crippen LogP contribution >= 0.6 is 23.1 Å². The highest BCUT2D eigenvalue weighted by Gasteiger charge is 2.17. The number of hydrogen-bond acceptors (Lipinski definition) is 4. The number of fused-ring (bicyclic) bond motifs is 1. The molecule has 2 heterocycles. The normalized spacial score (nSPS) is 11.4. The second kappa shape index (κ2) is 6.64. The Morgan fingerprint density at radius 1 is 1.25 bits per heavy atom. The van der Waals surface area contributed by atoms with Crippen molar-refractivity contribution in [1.29, 1.82) is 0 Å². The van der Waals surface area contributed by atoms with Gasteiger partial charge in [-0.3, -0.25) is 9.36 Å². The Morgan fingerprint density at radius 3 is 2.54 bits per heavy atom. The van der Waals surface area contributed by atoms with E-state index in [4.69, 9.17) is 0 Å². The van der Waals surface area contributed by atoms with Crippen molar-refractivity contribution in [1.82, 2.24) is 9.55 Å². The quantitative estimate of drug-likeness (QED) is 0.497. The molecular weight excluding hydrogens is 350 g/mol. The highest BCUT2D eigenvalue weighted by molar-refractivity contribution is 7.98. The maximum atomic E-state index is 13.8. The fraction of sp³-hybridized carbons (Fsp3) is 0.294. The summed E-state index contributed by atoms with van der Waals surface area (Å²) in [5.74, 6) is -1.09. The monoisotopic (exact) mass is 366 g/mol. The fourth-order valence-corrected chi connectivity index (χ4v) is 4.66. The van der Waals surface area contributed by atoms with Gasteiger partial charge in [0.25, 0.3) is 5.56 Å². The number of thioether (sulfide) groups is 1. The molecule has 24 heavy (non-hydrogen) atoms. The molecule has 0 unspecified atom stereocenters. The van der Waals surface area contributed by atoms with E-state index in [1.165, 1.54) is 41.3 Å². The first-order valence-electron chi connectivity index (χ1n) is 7.50. The number of halogens is 2. The van der Waals surface area contributed by atoms with Crippen LogP contribution in [0.5, 0.6) is 0 Å². The number of aryl methyl sites for hydroxylation is 2. The second-order valence-corrected chi connectivity index (χ2v) is 7.54. The third kappa shape index (κ3) is 2.86. The third-order valence-corrected chi connectivity index (χ3v) is 6.08. The fourth-order valence-electron chi connectivity index (χ4n) is 2.50. The maximum Gasteiger partial charge on any atom is 0.263 e. The van der Waals surface area contributed by atoms with E-state index in [2.05, 4.69) is 4.98 Å². The number of thiophene rings is 1. The molecule has 0 N–H and O–H groups in total. The van der Waals surface area contributed by atoms with E-state index in [-0.39, 0.29) is 16.9 Å². The topological polar surface area (TPSA) is 34.9 Å². The van der Waals surface area contributed by atoms with Crippen LogP contribution in [0.15, 0.2) is 28.2 Å². The van der Waals surface area contributed by atoms with Gasteiger partial charge in [-0.05, 0) is 38.5 Å². The van der Waals surface area contributed by atoms with E-state index in [0.717, 1.165) is 10.4 Å². The van der Waals surface area contributed by atoms with E-state index in [1.807, 2.05) is 20.8 Å². The summed E-state index contributed by atoms with van der Waals surface area (Å²) in [5.41, 5.74) is 0.852. The number of rotatable bonds is 4. The first-order chi connectivity index (χ1) is 11.4. The molecule has 7 heteroatoms. The first kappa shape index (κ1) is 17.1. The van der Waals surface area contributed by atoms with E-state index in [1.54, 1.807) is 4.57 Å². The molecule has 0 aliphatic carbocycles. The lowest BCUT2D eigenvalue weighted by atomic mass is 10.2. The lowest BCUT2D eigenvalue weighted by Crippen LogP contribution is -2.22. The van der Waals surface area contributed by atoms with Crippen LogP contribution in [0.25, 0.3) is 10.2 Å². The molecular formula is C17H16F2N2OS2. The van der Waals surface area contributed by atoms with Gasteiger partial charge in [0, 0.05) is 22.7 Å². The van der Waals surface area contributed by atoms with Crippen molar-refractivity contribution in [3.63, 3.8) is 0 Å². The van der Waals surface area contributed by atoms with Gasteiger partial charge in [0.1, 0.15) is 16.5 Å². The molecule has 2 aromatic heterocycles. The van der Waals surface area contributed by atoms with Gasteiger partial charge in [0.15, 0.2) is 5.16 Å². The van der Waals surface area contributed by atoms with Gasteiger partial charge in [0.05, 0.1) is 5.39 Å². The van der Waals surface area contributed by atoms with E-state index >= 15 is 0 Å². The molecule has 3 rings (SSSR count). The highest BCUT2D eigenvalue weighted by Crippen LogP contribution is 2.30. The minimum Gasteiger partial charge on any atom is -0.287 e. The number of hydrogen-bond donors (Lipinski definition) is 0. The van der Waals surface area contributed by atoms with Crippen molar-refractivity contribution in [3.8, 4) is 0 Å². The summed E-state index contributed by atoms with van der Waals surface area (Å²) >= 11 is 2.64. The van der Waals surface area contributed by atoms with Crippen molar-refractivity contribution >= 4 is 33.3 Å². The summed E-state index contributed by atoms with van der Waals surface area (Å²) in [6, 6.07) is 3.80. The molecule has 126 valence electrons. The van der Waals surface area contributed by atoms with Crippen LogP contribution in [-0.2, 0) is 12.3 Å². The minimum absolute atomic E-state index is 0.00182. The van der Waals surface area contributed by atoms with Crippen molar-refractivity contribution < 1.29 is 8.78 Å².